The molecule has 0 bridgehead atoms. The summed E-state index contributed by atoms with van der Waals surface area (Å²) in [6, 6.07) is 7.07. The van der Waals surface area contributed by atoms with E-state index in [-0.39, 0.29) is 12.1 Å². The summed E-state index contributed by atoms with van der Waals surface area (Å²) in [7, 11) is 5.38. The number of methoxy groups -OCH3 is 1. The highest BCUT2D eigenvalue weighted by atomic mass is 16.5. The van der Waals surface area contributed by atoms with Crippen LogP contribution in [0.4, 0.5) is 0 Å². The van der Waals surface area contributed by atoms with E-state index in [0.29, 0.717) is 6.54 Å². The predicted octanol–water partition coefficient (Wildman–Crippen LogP) is 1.84. The largest absolute Gasteiger partial charge is 0.491 e. The lowest BCUT2D eigenvalue weighted by Gasteiger charge is -2.19. The van der Waals surface area contributed by atoms with Crippen LogP contribution in [0.1, 0.15) is 25.5 Å². The van der Waals surface area contributed by atoms with Crippen LogP contribution in [0.15, 0.2) is 24.3 Å². The first-order valence-corrected chi connectivity index (χ1v) is 7.16. The molecule has 0 aliphatic carbocycles. The average molecular weight is 294 g/mol. The molecular formula is C16H26N2O3. The highest BCUT2D eigenvalue weighted by Gasteiger charge is 2.21. The molecule has 0 saturated heterocycles. The van der Waals surface area contributed by atoms with Crippen molar-refractivity contribution in [1.82, 2.24) is 10.2 Å². The number of rotatable bonds is 8. The van der Waals surface area contributed by atoms with Gasteiger partial charge in [0.1, 0.15) is 11.8 Å². The third-order valence-electron chi connectivity index (χ3n) is 2.91. The van der Waals surface area contributed by atoms with Gasteiger partial charge < -0.3 is 14.4 Å². The van der Waals surface area contributed by atoms with E-state index >= 15 is 0 Å². The van der Waals surface area contributed by atoms with Crippen LogP contribution < -0.4 is 10.1 Å². The maximum atomic E-state index is 12.0. The predicted molar refractivity (Wildman–Crippen MR) is 83.5 cm³/mol. The normalized spacial score (nSPS) is 12.5. The maximum Gasteiger partial charge on any atom is 0.327 e. The fourth-order valence-corrected chi connectivity index (χ4v) is 1.93. The van der Waals surface area contributed by atoms with E-state index in [1.54, 1.807) is 0 Å². The van der Waals surface area contributed by atoms with Crippen molar-refractivity contribution < 1.29 is 14.3 Å². The van der Waals surface area contributed by atoms with Crippen molar-refractivity contribution in [3.8, 4) is 5.75 Å². The minimum atomic E-state index is -0.481. The molecule has 1 unspecified atom stereocenters. The van der Waals surface area contributed by atoms with Crippen LogP contribution in [0.25, 0.3) is 0 Å². The summed E-state index contributed by atoms with van der Waals surface area (Å²) in [4.78, 5) is 14.0. The van der Waals surface area contributed by atoms with Crippen molar-refractivity contribution in [2.24, 2.45) is 0 Å². The highest BCUT2D eigenvalue weighted by Crippen LogP contribution is 2.21. The summed E-state index contributed by atoms with van der Waals surface area (Å²) < 4.78 is 10.6. The van der Waals surface area contributed by atoms with Crippen LogP contribution >= 0.6 is 0 Å². The molecular weight excluding hydrogens is 268 g/mol. The van der Waals surface area contributed by atoms with Crippen LogP contribution in [-0.4, -0.2) is 51.3 Å². The van der Waals surface area contributed by atoms with Gasteiger partial charge in [0.15, 0.2) is 0 Å². The van der Waals surface area contributed by atoms with Gasteiger partial charge in [0, 0.05) is 13.1 Å². The fourth-order valence-electron chi connectivity index (χ4n) is 1.93. The smallest absolute Gasteiger partial charge is 0.327 e. The van der Waals surface area contributed by atoms with E-state index in [2.05, 4.69) is 10.2 Å². The molecule has 1 atom stereocenters. The lowest BCUT2D eigenvalue weighted by molar-refractivity contribution is -0.143. The number of nitrogens with one attached hydrogen (secondary N) is 1. The van der Waals surface area contributed by atoms with Gasteiger partial charge in [-0.2, -0.15) is 0 Å². The fraction of sp³-hybridized carbons (Fsp3) is 0.562. The lowest BCUT2D eigenvalue weighted by atomic mass is 10.1. The topological polar surface area (TPSA) is 50.8 Å². The van der Waals surface area contributed by atoms with E-state index < -0.39 is 6.04 Å². The molecule has 5 heteroatoms. The Morgan fingerprint density at radius 3 is 2.62 bits per heavy atom. The van der Waals surface area contributed by atoms with Crippen LogP contribution in [0.3, 0.4) is 0 Å². The standard InChI is InChI=1S/C16H26N2O3/c1-12(2)21-14-8-6-7-13(11-14)15(16(19)20-5)17-9-10-18(3)4/h6-8,11-12,15,17H,9-10H2,1-5H3. The zero-order chi connectivity index (χ0) is 15.8. The number of carbonyl (C=O) groups excluding carboxylic acids is 1. The van der Waals surface area contributed by atoms with Gasteiger partial charge in [-0.3, -0.25) is 5.32 Å². The molecule has 0 fully saturated rings. The Balaban J connectivity index is 2.84. The third kappa shape index (κ3) is 6.14. The van der Waals surface area contributed by atoms with E-state index in [9.17, 15) is 4.79 Å². The molecule has 0 heterocycles. The van der Waals surface area contributed by atoms with Crippen molar-refractivity contribution in [3.63, 3.8) is 0 Å². The van der Waals surface area contributed by atoms with Gasteiger partial charge in [0.05, 0.1) is 13.2 Å². The SMILES string of the molecule is COC(=O)C(NCCN(C)C)c1cccc(OC(C)C)c1. The minimum Gasteiger partial charge on any atom is -0.491 e. The number of esters is 1. The first-order chi connectivity index (χ1) is 9.93. The number of nitrogens with zero attached hydrogens (tertiary/aromatic N) is 1. The Kier molecular flexibility index (Phi) is 7.19. The monoisotopic (exact) mass is 294 g/mol. The van der Waals surface area contributed by atoms with Gasteiger partial charge >= 0.3 is 5.97 Å². The van der Waals surface area contributed by atoms with Gasteiger partial charge in [0.2, 0.25) is 0 Å². The maximum absolute atomic E-state index is 12.0. The summed E-state index contributed by atoms with van der Waals surface area (Å²) in [6.45, 7) is 5.48. The van der Waals surface area contributed by atoms with Gasteiger partial charge in [-0.1, -0.05) is 12.1 Å². The average Bonchev–Trinajstić information content (AvgIpc) is 2.42. The Morgan fingerprint density at radius 2 is 2.05 bits per heavy atom. The summed E-state index contributed by atoms with van der Waals surface area (Å²) in [5.74, 6) is 0.460. The number of likely N-dealkylation sites (N-methyl/N-ethyl adjacent to an activating group) is 1. The summed E-state index contributed by atoms with van der Waals surface area (Å²) in [5.41, 5.74) is 0.846. The number of benzene rings is 1. The van der Waals surface area contributed by atoms with Crippen LogP contribution in [0.2, 0.25) is 0 Å². The molecule has 21 heavy (non-hydrogen) atoms. The molecule has 0 saturated carbocycles. The summed E-state index contributed by atoms with van der Waals surface area (Å²) in [5, 5.41) is 3.23. The van der Waals surface area contributed by atoms with Crippen LogP contribution in [0, 0.1) is 0 Å². The molecule has 0 spiro atoms. The van der Waals surface area contributed by atoms with Gasteiger partial charge in [0.25, 0.3) is 0 Å². The Labute approximate surface area is 127 Å². The molecule has 118 valence electrons. The second-order valence-corrected chi connectivity index (χ2v) is 5.45. The number of ether oxygens (including phenoxy) is 2. The molecule has 0 amide bonds. The van der Waals surface area contributed by atoms with Crippen molar-refractivity contribution in [2.45, 2.75) is 26.0 Å². The Bertz CT molecular complexity index is 447. The number of hydrogen-bond acceptors (Lipinski definition) is 5. The van der Waals surface area contributed by atoms with Gasteiger partial charge in [-0.05, 0) is 45.6 Å². The van der Waals surface area contributed by atoms with Crippen molar-refractivity contribution in [2.75, 3.05) is 34.3 Å². The highest BCUT2D eigenvalue weighted by molar-refractivity contribution is 5.77. The van der Waals surface area contributed by atoms with E-state index in [4.69, 9.17) is 9.47 Å². The second-order valence-electron chi connectivity index (χ2n) is 5.45. The van der Waals surface area contributed by atoms with E-state index in [1.165, 1.54) is 7.11 Å². The molecule has 1 aromatic carbocycles. The number of carbonyl (C=O) groups is 1. The molecule has 5 nitrogen and oxygen atoms in total. The van der Waals surface area contributed by atoms with Gasteiger partial charge in [-0.15, -0.1) is 0 Å². The Morgan fingerprint density at radius 1 is 1.33 bits per heavy atom. The van der Waals surface area contributed by atoms with Crippen LogP contribution in [0.5, 0.6) is 5.75 Å². The molecule has 0 aliphatic heterocycles. The molecule has 0 aromatic heterocycles. The zero-order valence-electron chi connectivity index (χ0n) is 13.6. The van der Waals surface area contributed by atoms with E-state index in [0.717, 1.165) is 17.9 Å². The molecule has 0 radical (unpaired) electrons. The zero-order valence-corrected chi connectivity index (χ0v) is 13.6. The third-order valence-corrected chi connectivity index (χ3v) is 2.91. The number of hydrogen-bond donors (Lipinski definition) is 1. The summed E-state index contributed by atoms with van der Waals surface area (Å²) >= 11 is 0. The molecule has 1 aromatic rings. The van der Waals surface area contributed by atoms with Crippen molar-refractivity contribution >= 4 is 5.97 Å². The van der Waals surface area contributed by atoms with Crippen molar-refractivity contribution in [1.29, 1.82) is 0 Å². The first kappa shape index (κ1) is 17.5. The quantitative estimate of drug-likeness (QED) is 0.741. The molecule has 1 rings (SSSR count). The molecule has 1 N–H and O–H groups in total. The lowest BCUT2D eigenvalue weighted by Crippen LogP contribution is -2.34. The van der Waals surface area contributed by atoms with Gasteiger partial charge in [-0.25, -0.2) is 4.79 Å². The van der Waals surface area contributed by atoms with E-state index in [1.807, 2.05) is 52.2 Å². The molecule has 0 aliphatic rings. The second kappa shape index (κ2) is 8.64. The van der Waals surface area contributed by atoms with Crippen molar-refractivity contribution in [3.05, 3.63) is 29.8 Å². The first-order valence-electron chi connectivity index (χ1n) is 7.16. The minimum absolute atomic E-state index is 0.0959. The Hall–Kier alpha value is -1.59. The van der Waals surface area contributed by atoms with Crippen LogP contribution in [-0.2, 0) is 9.53 Å². The summed E-state index contributed by atoms with van der Waals surface area (Å²) in [6.07, 6.45) is 0.0959.